The highest BCUT2D eigenvalue weighted by atomic mass is 15.1. The first-order valence-corrected chi connectivity index (χ1v) is 4.39. The molecule has 0 bridgehead atoms. The molecule has 0 aliphatic heterocycles. The summed E-state index contributed by atoms with van der Waals surface area (Å²) in [5.41, 5.74) is 0. The molecule has 1 aromatic heterocycles. The Kier molecular flexibility index (Phi) is 3.29. The second-order valence-electron chi connectivity index (χ2n) is 3.12. The highest BCUT2D eigenvalue weighted by Crippen LogP contribution is 2.11. The molecule has 0 saturated carbocycles. The normalized spacial score (nSPS) is 13.2. The summed E-state index contributed by atoms with van der Waals surface area (Å²) in [6.07, 6.45) is 5.04. The van der Waals surface area contributed by atoms with Gasteiger partial charge < -0.3 is 9.88 Å². The van der Waals surface area contributed by atoms with Gasteiger partial charge in [-0.25, -0.2) is 4.98 Å². The molecule has 1 N–H and O–H groups in total. The molecule has 0 saturated heterocycles. The first-order chi connectivity index (χ1) is 5.75. The Morgan fingerprint density at radius 1 is 1.67 bits per heavy atom. The zero-order valence-corrected chi connectivity index (χ0v) is 8.04. The van der Waals surface area contributed by atoms with Gasteiger partial charge in [0, 0.05) is 18.4 Å². The average Bonchev–Trinajstić information content (AvgIpc) is 2.47. The third kappa shape index (κ3) is 2.08. The topological polar surface area (TPSA) is 29.9 Å². The number of imidazole rings is 1. The van der Waals surface area contributed by atoms with Gasteiger partial charge in [-0.3, -0.25) is 0 Å². The van der Waals surface area contributed by atoms with Gasteiger partial charge >= 0.3 is 0 Å². The van der Waals surface area contributed by atoms with Gasteiger partial charge in [-0.15, -0.1) is 0 Å². The fourth-order valence-electron chi connectivity index (χ4n) is 1.35. The minimum atomic E-state index is 0.542. The van der Waals surface area contributed by atoms with Crippen LogP contribution in [-0.4, -0.2) is 23.1 Å². The second kappa shape index (κ2) is 4.26. The van der Waals surface area contributed by atoms with Gasteiger partial charge in [0.15, 0.2) is 0 Å². The molecule has 1 rings (SSSR count). The van der Waals surface area contributed by atoms with Crippen molar-refractivity contribution in [3.05, 3.63) is 18.2 Å². The number of nitrogens with one attached hydrogen (secondary N) is 1. The van der Waals surface area contributed by atoms with Crippen molar-refractivity contribution in [1.29, 1.82) is 0 Å². The van der Waals surface area contributed by atoms with Crippen LogP contribution in [0.3, 0.4) is 0 Å². The Balaban J connectivity index is 2.52. The Hall–Kier alpha value is -0.830. The van der Waals surface area contributed by atoms with Crippen LogP contribution in [0.2, 0.25) is 0 Å². The quantitative estimate of drug-likeness (QED) is 0.734. The zero-order chi connectivity index (χ0) is 8.97. The molecule has 68 valence electrons. The number of hydrogen-bond donors (Lipinski definition) is 1. The van der Waals surface area contributed by atoms with Crippen LogP contribution in [0.5, 0.6) is 0 Å². The summed E-state index contributed by atoms with van der Waals surface area (Å²) in [6.45, 7) is 5.31. The van der Waals surface area contributed by atoms with Gasteiger partial charge in [-0.1, -0.05) is 0 Å². The van der Waals surface area contributed by atoms with Gasteiger partial charge in [0.2, 0.25) is 0 Å². The third-order valence-corrected chi connectivity index (χ3v) is 2.15. The van der Waals surface area contributed by atoms with Crippen LogP contribution >= 0.6 is 0 Å². The van der Waals surface area contributed by atoms with Crippen molar-refractivity contribution in [2.24, 2.45) is 0 Å². The van der Waals surface area contributed by atoms with E-state index in [1.807, 2.05) is 26.4 Å². The van der Waals surface area contributed by atoms with Gasteiger partial charge in [0.1, 0.15) is 5.82 Å². The average molecular weight is 167 g/mol. The molecule has 1 atom stereocenters. The number of nitrogens with zero attached hydrogens (tertiary/aromatic N) is 2. The van der Waals surface area contributed by atoms with Crippen molar-refractivity contribution in [2.75, 3.05) is 13.6 Å². The fourth-order valence-corrected chi connectivity index (χ4v) is 1.35. The van der Waals surface area contributed by atoms with Gasteiger partial charge in [-0.05, 0) is 33.9 Å². The van der Waals surface area contributed by atoms with E-state index in [-0.39, 0.29) is 0 Å². The molecule has 0 aliphatic carbocycles. The lowest BCUT2D eigenvalue weighted by molar-refractivity contribution is 0.485. The standard InChI is InChI=1S/C9H17N3/c1-8(4-5-10-3)12-7-6-11-9(12)2/h6-8,10H,4-5H2,1-3H3. The summed E-state index contributed by atoms with van der Waals surface area (Å²) in [7, 11) is 1.98. The van der Waals surface area contributed by atoms with E-state index in [0.717, 1.165) is 18.8 Å². The maximum Gasteiger partial charge on any atom is 0.105 e. The van der Waals surface area contributed by atoms with Crippen LogP contribution < -0.4 is 5.32 Å². The van der Waals surface area contributed by atoms with E-state index in [9.17, 15) is 0 Å². The Labute approximate surface area is 73.8 Å². The molecule has 0 amide bonds. The molecule has 0 radical (unpaired) electrons. The number of hydrogen-bond acceptors (Lipinski definition) is 2. The summed E-state index contributed by atoms with van der Waals surface area (Å²) in [6, 6.07) is 0.542. The van der Waals surface area contributed by atoms with Crippen molar-refractivity contribution in [3.8, 4) is 0 Å². The van der Waals surface area contributed by atoms with Crippen LogP contribution in [0.1, 0.15) is 25.2 Å². The molecule has 1 aromatic rings. The lowest BCUT2D eigenvalue weighted by Gasteiger charge is -2.14. The van der Waals surface area contributed by atoms with E-state index in [1.165, 1.54) is 0 Å². The molecule has 1 heterocycles. The van der Waals surface area contributed by atoms with Crippen molar-refractivity contribution in [3.63, 3.8) is 0 Å². The molecule has 12 heavy (non-hydrogen) atoms. The minimum Gasteiger partial charge on any atom is -0.332 e. The number of rotatable bonds is 4. The summed E-state index contributed by atoms with van der Waals surface area (Å²) >= 11 is 0. The highest BCUT2D eigenvalue weighted by molar-refractivity contribution is 4.91. The molecule has 0 aromatic carbocycles. The van der Waals surface area contributed by atoms with Crippen molar-refractivity contribution in [2.45, 2.75) is 26.3 Å². The van der Waals surface area contributed by atoms with E-state index in [2.05, 4.69) is 21.8 Å². The Morgan fingerprint density at radius 3 is 2.92 bits per heavy atom. The predicted molar refractivity (Wildman–Crippen MR) is 50.2 cm³/mol. The molecule has 0 spiro atoms. The SMILES string of the molecule is CNCCC(C)n1ccnc1C. The van der Waals surface area contributed by atoms with Crippen LogP contribution in [0, 0.1) is 6.92 Å². The maximum atomic E-state index is 4.19. The number of aryl methyl sites for hydroxylation is 1. The van der Waals surface area contributed by atoms with Crippen molar-refractivity contribution >= 4 is 0 Å². The molecule has 0 aliphatic rings. The minimum absolute atomic E-state index is 0.542. The van der Waals surface area contributed by atoms with Gasteiger partial charge in [0.05, 0.1) is 0 Å². The van der Waals surface area contributed by atoms with E-state index >= 15 is 0 Å². The first-order valence-electron chi connectivity index (χ1n) is 4.39. The molecular formula is C9H17N3. The highest BCUT2D eigenvalue weighted by Gasteiger charge is 2.04. The molecule has 0 fully saturated rings. The van der Waals surface area contributed by atoms with Gasteiger partial charge in [0.25, 0.3) is 0 Å². The smallest absolute Gasteiger partial charge is 0.105 e. The van der Waals surface area contributed by atoms with Crippen LogP contribution in [0.4, 0.5) is 0 Å². The van der Waals surface area contributed by atoms with Crippen molar-refractivity contribution in [1.82, 2.24) is 14.9 Å². The lowest BCUT2D eigenvalue weighted by Crippen LogP contribution is -2.14. The predicted octanol–water partition coefficient (Wildman–Crippen LogP) is 1.36. The van der Waals surface area contributed by atoms with E-state index in [1.54, 1.807) is 0 Å². The molecule has 1 unspecified atom stereocenters. The zero-order valence-electron chi connectivity index (χ0n) is 8.04. The maximum absolute atomic E-state index is 4.19. The first kappa shape index (κ1) is 9.26. The van der Waals surface area contributed by atoms with Crippen LogP contribution in [-0.2, 0) is 0 Å². The second-order valence-corrected chi connectivity index (χ2v) is 3.12. The molecular weight excluding hydrogens is 150 g/mol. The third-order valence-electron chi connectivity index (χ3n) is 2.15. The van der Waals surface area contributed by atoms with Crippen LogP contribution in [0.15, 0.2) is 12.4 Å². The van der Waals surface area contributed by atoms with E-state index in [0.29, 0.717) is 6.04 Å². The number of aromatic nitrogens is 2. The summed E-state index contributed by atoms with van der Waals surface area (Å²) in [5.74, 6) is 1.10. The Morgan fingerprint density at radius 2 is 2.42 bits per heavy atom. The molecule has 3 nitrogen and oxygen atoms in total. The summed E-state index contributed by atoms with van der Waals surface area (Å²) < 4.78 is 2.21. The monoisotopic (exact) mass is 167 g/mol. The largest absolute Gasteiger partial charge is 0.332 e. The van der Waals surface area contributed by atoms with E-state index in [4.69, 9.17) is 0 Å². The van der Waals surface area contributed by atoms with Gasteiger partial charge in [-0.2, -0.15) is 0 Å². The lowest BCUT2D eigenvalue weighted by atomic mass is 10.2. The van der Waals surface area contributed by atoms with Crippen LogP contribution in [0.25, 0.3) is 0 Å². The molecule has 3 heteroatoms. The fraction of sp³-hybridized carbons (Fsp3) is 0.667. The van der Waals surface area contributed by atoms with Crippen molar-refractivity contribution < 1.29 is 0 Å². The summed E-state index contributed by atoms with van der Waals surface area (Å²) in [5, 5.41) is 3.15. The summed E-state index contributed by atoms with van der Waals surface area (Å²) in [4.78, 5) is 4.19. The van der Waals surface area contributed by atoms with E-state index < -0.39 is 0 Å². The Bertz CT molecular complexity index is 229.